The van der Waals surface area contributed by atoms with Crippen LogP contribution < -0.4 is 44.6 Å². The summed E-state index contributed by atoms with van der Waals surface area (Å²) in [4.78, 5) is 53.6. The smallest absolute Gasteiger partial charge is 0.327 e. The number of amides is 3. The van der Waals surface area contributed by atoms with Gasteiger partial charge in [-0.2, -0.15) is 12.6 Å². The van der Waals surface area contributed by atoms with Crippen molar-refractivity contribution in [2.75, 3.05) is 25.4 Å². The van der Waals surface area contributed by atoms with Gasteiger partial charge in [-0.1, -0.05) is 0 Å². The molecule has 0 rings (SSSR count). The molecule has 0 aliphatic carbocycles. The summed E-state index contributed by atoms with van der Waals surface area (Å²) < 4.78 is 0. The molecule has 208 valence electrons. The number of aliphatic carboxylic acids is 1. The van der Waals surface area contributed by atoms with Gasteiger partial charge in [-0.3, -0.25) is 19.4 Å². The lowest BCUT2D eigenvalue weighted by Crippen LogP contribution is -2.57. The van der Waals surface area contributed by atoms with Crippen LogP contribution in [0.4, 0.5) is 0 Å². The standard InChI is InChI=1S/C21H43N9O5S/c22-9-3-1-7-14(28-17(31)13(24)6-5-11-27-21(25)26)18(32)29-15(8-2-4-10-23)19(33)30-16(12-36)20(34)35/h13-16,36H,1-12,22-24H2,(H,28,31)(H,29,32)(H,30,33)(H,34,35)(H4,25,26,27). The van der Waals surface area contributed by atoms with E-state index in [0.717, 1.165) is 0 Å². The molecule has 0 aromatic rings. The first-order valence-corrected chi connectivity index (χ1v) is 12.7. The number of unbranched alkanes of at least 4 members (excludes halogenated alkanes) is 2. The molecule has 3 amide bonds. The van der Waals surface area contributed by atoms with Gasteiger partial charge in [-0.15, -0.1) is 0 Å². The molecule has 0 saturated heterocycles. The first kappa shape index (κ1) is 33.4. The zero-order valence-electron chi connectivity index (χ0n) is 20.7. The normalized spacial score (nSPS) is 14.1. The second-order valence-electron chi connectivity index (χ2n) is 8.33. The molecule has 14 N–H and O–H groups in total. The van der Waals surface area contributed by atoms with Gasteiger partial charge in [0.1, 0.15) is 18.1 Å². The number of carbonyl (C=O) groups excluding carboxylic acids is 3. The maximum absolute atomic E-state index is 13.1. The van der Waals surface area contributed by atoms with Gasteiger partial charge in [0.2, 0.25) is 17.7 Å². The number of guanidine groups is 1. The van der Waals surface area contributed by atoms with Crippen LogP contribution in [0.2, 0.25) is 0 Å². The van der Waals surface area contributed by atoms with Crippen LogP contribution >= 0.6 is 12.6 Å². The Balaban J connectivity index is 5.35. The molecule has 0 fully saturated rings. The monoisotopic (exact) mass is 533 g/mol. The number of carboxylic acid groups (broad SMARTS) is 1. The number of carbonyl (C=O) groups is 4. The highest BCUT2D eigenvalue weighted by Gasteiger charge is 2.29. The second-order valence-corrected chi connectivity index (χ2v) is 8.69. The third-order valence-electron chi connectivity index (χ3n) is 5.26. The number of hydrogen-bond donors (Lipinski definition) is 10. The molecule has 14 nitrogen and oxygen atoms in total. The van der Waals surface area contributed by atoms with Gasteiger partial charge in [0.15, 0.2) is 5.96 Å². The maximum Gasteiger partial charge on any atom is 0.327 e. The Morgan fingerprint density at radius 2 is 1.22 bits per heavy atom. The van der Waals surface area contributed by atoms with Crippen molar-refractivity contribution in [2.45, 2.75) is 75.5 Å². The average molecular weight is 534 g/mol. The molecule has 0 saturated carbocycles. The number of nitrogens with zero attached hydrogens (tertiary/aromatic N) is 1. The number of rotatable bonds is 20. The highest BCUT2D eigenvalue weighted by Crippen LogP contribution is 2.07. The second kappa shape index (κ2) is 19.6. The van der Waals surface area contributed by atoms with Crippen molar-refractivity contribution >= 4 is 42.3 Å². The number of thiol groups is 1. The van der Waals surface area contributed by atoms with E-state index < -0.39 is 47.9 Å². The maximum atomic E-state index is 13.1. The predicted octanol–water partition coefficient (Wildman–Crippen LogP) is -2.91. The van der Waals surface area contributed by atoms with Crippen LogP contribution in [0.1, 0.15) is 51.4 Å². The van der Waals surface area contributed by atoms with Gasteiger partial charge in [0.25, 0.3) is 0 Å². The van der Waals surface area contributed by atoms with Crippen LogP contribution in [0.25, 0.3) is 0 Å². The van der Waals surface area contributed by atoms with Crippen LogP contribution in [0, 0.1) is 0 Å². The van der Waals surface area contributed by atoms with E-state index in [1.54, 1.807) is 0 Å². The van der Waals surface area contributed by atoms with Gasteiger partial charge in [0, 0.05) is 12.3 Å². The molecular formula is C21H43N9O5S. The van der Waals surface area contributed by atoms with Crippen LogP contribution in [-0.2, 0) is 19.2 Å². The molecule has 0 radical (unpaired) electrons. The third kappa shape index (κ3) is 14.7. The zero-order chi connectivity index (χ0) is 27.5. The van der Waals surface area contributed by atoms with Crippen molar-refractivity contribution in [3.63, 3.8) is 0 Å². The molecule has 0 heterocycles. The summed E-state index contributed by atoms with van der Waals surface area (Å²) in [6.45, 7) is 1.12. The van der Waals surface area contributed by atoms with E-state index in [1.165, 1.54) is 0 Å². The zero-order valence-corrected chi connectivity index (χ0v) is 21.6. The van der Waals surface area contributed by atoms with E-state index in [9.17, 15) is 24.3 Å². The highest BCUT2D eigenvalue weighted by atomic mass is 32.1. The number of aliphatic imine (C=N–C) groups is 1. The first-order chi connectivity index (χ1) is 17.1. The molecule has 0 spiro atoms. The van der Waals surface area contributed by atoms with Crippen molar-refractivity contribution in [3.05, 3.63) is 0 Å². The molecular weight excluding hydrogens is 490 g/mol. The average Bonchev–Trinajstić information content (AvgIpc) is 2.83. The van der Waals surface area contributed by atoms with E-state index >= 15 is 0 Å². The lowest BCUT2D eigenvalue weighted by atomic mass is 10.0. The molecule has 4 unspecified atom stereocenters. The summed E-state index contributed by atoms with van der Waals surface area (Å²) in [7, 11) is 0. The minimum absolute atomic E-state index is 0.0567. The Kier molecular flexibility index (Phi) is 18.1. The third-order valence-corrected chi connectivity index (χ3v) is 5.63. The predicted molar refractivity (Wildman–Crippen MR) is 141 cm³/mol. The van der Waals surface area contributed by atoms with E-state index in [4.69, 9.17) is 28.7 Å². The van der Waals surface area contributed by atoms with Gasteiger partial charge in [0.05, 0.1) is 6.04 Å². The largest absolute Gasteiger partial charge is 0.480 e. The highest BCUT2D eigenvalue weighted by molar-refractivity contribution is 7.80. The van der Waals surface area contributed by atoms with Crippen LogP contribution in [0.3, 0.4) is 0 Å². The number of carboxylic acids is 1. The Hall–Kier alpha value is -2.62. The van der Waals surface area contributed by atoms with Crippen molar-refractivity contribution in [1.29, 1.82) is 0 Å². The van der Waals surface area contributed by atoms with Crippen molar-refractivity contribution in [2.24, 2.45) is 33.7 Å². The fourth-order valence-corrected chi connectivity index (χ4v) is 3.43. The van der Waals surface area contributed by atoms with Crippen molar-refractivity contribution in [1.82, 2.24) is 16.0 Å². The first-order valence-electron chi connectivity index (χ1n) is 12.0. The number of nitrogens with one attached hydrogen (secondary N) is 3. The SMILES string of the molecule is NCCCCC(NC(=O)C(N)CCCN=C(N)N)C(=O)NC(CCCCN)C(=O)NC(CS)C(=O)O. The minimum atomic E-state index is -1.24. The summed E-state index contributed by atoms with van der Waals surface area (Å²) in [6.07, 6.45) is 3.60. The van der Waals surface area contributed by atoms with Gasteiger partial charge >= 0.3 is 5.97 Å². The summed E-state index contributed by atoms with van der Waals surface area (Å²) in [5, 5.41) is 16.9. The molecule has 0 aliphatic rings. The Labute approximate surface area is 217 Å². The molecule has 0 aromatic carbocycles. The molecule has 0 bridgehead atoms. The van der Waals surface area contributed by atoms with Gasteiger partial charge in [-0.25, -0.2) is 4.79 Å². The topological polar surface area (TPSA) is 267 Å². The van der Waals surface area contributed by atoms with E-state index in [1.807, 2.05) is 0 Å². The lowest BCUT2D eigenvalue weighted by Gasteiger charge is -2.25. The van der Waals surface area contributed by atoms with Crippen LogP contribution in [0.5, 0.6) is 0 Å². The molecule has 36 heavy (non-hydrogen) atoms. The lowest BCUT2D eigenvalue weighted by molar-refractivity contribution is -0.141. The van der Waals surface area contributed by atoms with Gasteiger partial charge < -0.3 is 49.7 Å². The summed E-state index contributed by atoms with van der Waals surface area (Å²) in [5.41, 5.74) is 27.6. The molecule has 0 aliphatic heterocycles. The number of nitrogens with two attached hydrogens (primary N) is 5. The van der Waals surface area contributed by atoms with E-state index in [2.05, 4.69) is 33.6 Å². The fraction of sp³-hybridized carbons (Fsp3) is 0.762. The summed E-state index contributed by atoms with van der Waals surface area (Å²) in [6, 6.07) is -4.09. The van der Waals surface area contributed by atoms with Gasteiger partial charge in [-0.05, 0) is 64.5 Å². The van der Waals surface area contributed by atoms with E-state index in [-0.39, 0.29) is 24.6 Å². The Bertz CT molecular complexity index is 722. The molecule has 0 aromatic heterocycles. The van der Waals surface area contributed by atoms with Crippen LogP contribution in [-0.4, -0.2) is 84.3 Å². The fourth-order valence-electron chi connectivity index (χ4n) is 3.18. The summed E-state index contributed by atoms with van der Waals surface area (Å²) >= 11 is 3.94. The van der Waals surface area contributed by atoms with E-state index in [0.29, 0.717) is 58.2 Å². The van der Waals surface area contributed by atoms with Crippen LogP contribution in [0.15, 0.2) is 4.99 Å². The summed E-state index contributed by atoms with van der Waals surface area (Å²) in [5.74, 6) is -3.20. The molecule has 4 atom stereocenters. The quantitative estimate of drug-likeness (QED) is 0.0330. The minimum Gasteiger partial charge on any atom is -0.480 e. The molecule has 15 heteroatoms. The Morgan fingerprint density at radius 1 is 0.750 bits per heavy atom. The van der Waals surface area contributed by atoms with Crippen molar-refractivity contribution in [3.8, 4) is 0 Å². The number of hydrogen-bond acceptors (Lipinski definition) is 9. The Morgan fingerprint density at radius 3 is 1.64 bits per heavy atom. The van der Waals surface area contributed by atoms with Crippen molar-refractivity contribution < 1.29 is 24.3 Å².